The summed E-state index contributed by atoms with van der Waals surface area (Å²) < 4.78 is 5.91. The van der Waals surface area contributed by atoms with E-state index in [0.29, 0.717) is 17.5 Å². The topological polar surface area (TPSA) is 65.6 Å². The van der Waals surface area contributed by atoms with Gasteiger partial charge in [0.2, 0.25) is 0 Å². The lowest BCUT2D eigenvalue weighted by molar-refractivity contribution is 0.795. The SMILES string of the molecule is Cn1c(=O)n(C)c2cc(-c3cccc(-c4nc(-c5ccccc5)nc(-c5ccccc5-c5ccc6sc7ccccc7c6c5)n4)c3)ccc21. The summed E-state index contributed by atoms with van der Waals surface area (Å²) in [5.74, 6) is 1.81. The van der Waals surface area contributed by atoms with Crippen LogP contribution >= 0.6 is 11.3 Å². The monoisotopic (exact) mass is 651 g/mol. The minimum Gasteiger partial charge on any atom is -0.295 e. The first-order valence-corrected chi connectivity index (χ1v) is 16.9. The molecule has 0 saturated carbocycles. The van der Waals surface area contributed by atoms with Crippen molar-refractivity contribution in [1.29, 1.82) is 0 Å². The quantitative estimate of drug-likeness (QED) is 0.186. The molecule has 0 unspecified atom stereocenters. The van der Waals surface area contributed by atoms with Crippen LogP contribution in [0.5, 0.6) is 0 Å². The van der Waals surface area contributed by atoms with Crippen molar-refractivity contribution in [3.63, 3.8) is 0 Å². The van der Waals surface area contributed by atoms with Gasteiger partial charge >= 0.3 is 5.69 Å². The lowest BCUT2D eigenvalue weighted by Crippen LogP contribution is -2.19. The summed E-state index contributed by atoms with van der Waals surface area (Å²) in [5, 5.41) is 2.52. The lowest BCUT2D eigenvalue weighted by Gasteiger charge is -2.13. The third kappa shape index (κ3) is 4.94. The number of nitrogens with zero attached hydrogens (tertiary/aromatic N) is 5. The van der Waals surface area contributed by atoms with E-state index in [1.54, 1.807) is 23.2 Å². The van der Waals surface area contributed by atoms with Gasteiger partial charge in [0.25, 0.3) is 0 Å². The highest BCUT2D eigenvalue weighted by molar-refractivity contribution is 7.25. The molecule has 0 aliphatic carbocycles. The maximum atomic E-state index is 12.6. The molecule has 0 fully saturated rings. The fraction of sp³-hybridized carbons (Fsp3) is 0.0476. The minimum absolute atomic E-state index is 0.0454. The van der Waals surface area contributed by atoms with Crippen molar-refractivity contribution in [2.75, 3.05) is 0 Å². The molecule has 0 atom stereocenters. The summed E-state index contributed by atoms with van der Waals surface area (Å²) in [6.07, 6.45) is 0. The Bertz CT molecular complexity index is 2780. The molecule has 6 nitrogen and oxygen atoms in total. The van der Waals surface area contributed by atoms with Crippen LogP contribution in [0, 0.1) is 0 Å². The Morgan fingerprint density at radius 2 is 1.06 bits per heavy atom. The number of hydrogen-bond acceptors (Lipinski definition) is 5. The van der Waals surface area contributed by atoms with Gasteiger partial charge in [-0.2, -0.15) is 0 Å². The standard InChI is InChI=1S/C42H29N5OS/c1-46-35-21-19-28(25-36(35)47(2)42(46)48)27-13-10-14-30(23-27)40-43-39(26-11-4-3-5-12-26)44-41(45-40)33-17-7-6-15-31(33)29-20-22-38-34(24-29)32-16-8-9-18-37(32)49-38/h3-25H,1-2H3. The van der Waals surface area contributed by atoms with Gasteiger partial charge < -0.3 is 0 Å². The number of aryl methyl sites for hydroxylation is 2. The van der Waals surface area contributed by atoms with Crippen LogP contribution in [0.15, 0.2) is 144 Å². The Morgan fingerprint density at radius 1 is 0.449 bits per heavy atom. The zero-order valence-electron chi connectivity index (χ0n) is 26.8. The van der Waals surface area contributed by atoms with Crippen molar-refractivity contribution in [2.45, 2.75) is 0 Å². The second-order valence-corrected chi connectivity index (χ2v) is 13.3. The van der Waals surface area contributed by atoms with Crippen LogP contribution in [-0.2, 0) is 14.1 Å². The van der Waals surface area contributed by atoms with E-state index >= 15 is 0 Å². The van der Waals surface area contributed by atoms with Gasteiger partial charge in [0, 0.05) is 51.0 Å². The van der Waals surface area contributed by atoms with Crippen LogP contribution in [0.3, 0.4) is 0 Å². The molecule has 0 aliphatic rings. The van der Waals surface area contributed by atoms with E-state index in [-0.39, 0.29) is 5.69 Å². The molecule has 49 heavy (non-hydrogen) atoms. The highest BCUT2D eigenvalue weighted by Crippen LogP contribution is 2.39. The van der Waals surface area contributed by atoms with Crippen LogP contribution in [0.4, 0.5) is 0 Å². The normalized spacial score (nSPS) is 11.6. The molecule has 0 spiro atoms. The molecule has 3 aromatic heterocycles. The average Bonchev–Trinajstić information content (AvgIpc) is 3.64. The van der Waals surface area contributed by atoms with Crippen molar-refractivity contribution >= 4 is 42.5 Å². The van der Waals surface area contributed by atoms with Crippen LogP contribution in [0.25, 0.3) is 87.6 Å². The molecule has 0 saturated heterocycles. The van der Waals surface area contributed by atoms with Crippen LogP contribution in [-0.4, -0.2) is 24.1 Å². The predicted octanol–water partition coefficient (Wildman–Crippen LogP) is 9.76. The minimum atomic E-state index is -0.0454. The third-order valence-corrected chi connectivity index (χ3v) is 10.4. The Balaban J connectivity index is 1.20. The molecule has 6 aromatic carbocycles. The molecule has 9 aromatic rings. The third-order valence-electron chi connectivity index (χ3n) is 9.25. The van der Waals surface area contributed by atoms with E-state index in [4.69, 9.17) is 15.0 Å². The molecule has 234 valence electrons. The maximum Gasteiger partial charge on any atom is 0.328 e. The van der Waals surface area contributed by atoms with E-state index in [1.165, 1.54) is 20.2 Å². The lowest BCUT2D eigenvalue weighted by atomic mass is 9.97. The summed E-state index contributed by atoms with van der Waals surface area (Å²) in [6.45, 7) is 0. The van der Waals surface area contributed by atoms with Gasteiger partial charge in [0.05, 0.1) is 11.0 Å². The highest BCUT2D eigenvalue weighted by atomic mass is 32.1. The number of benzene rings is 6. The van der Waals surface area contributed by atoms with E-state index in [2.05, 4.69) is 84.9 Å². The largest absolute Gasteiger partial charge is 0.328 e. The molecule has 0 N–H and O–H groups in total. The second kappa shape index (κ2) is 11.5. The number of rotatable bonds is 5. The first kappa shape index (κ1) is 29.0. The van der Waals surface area contributed by atoms with Crippen molar-refractivity contribution in [2.24, 2.45) is 14.1 Å². The Hall–Kier alpha value is -6.18. The molecule has 3 heterocycles. The van der Waals surface area contributed by atoms with E-state index in [9.17, 15) is 4.79 Å². The van der Waals surface area contributed by atoms with E-state index in [0.717, 1.165) is 50.0 Å². The molecule has 7 heteroatoms. The fourth-order valence-electron chi connectivity index (χ4n) is 6.69. The van der Waals surface area contributed by atoms with Gasteiger partial charge in [-0.25, -0.2) is 19.7 Å². The van der Waals surface area contributed by atoms with Crippen LogP contribution in [0.2, 0.25) is 0 Å². The van der Waals surface area contributed by atoms with Crippen LogP contribution < -0.4 is 5.69 Å². The summed E-state index contributed by atoms with van der Waals surface area (Å²) >= 11 is 1.82. The summed E-state index contributed by atoms with van der Waals surface area (Å²) in [5.41, 5.74) is 8.66. The van der Waals surface area contributed by atoms with E-state index < -0.39 is 0 Å². The molecular formula is C42H29N5OS. The smallest absolute Gasteiger partial charge is 0.295 e. The Kier molecular flexibility index (Phi) is 6.81. The molecular weight excluding hydrogens is 623 g/mol. The van der Waals surface area contributed by atoms with Gasteiger partial charge in [0.15, 0.2) is 17.5 Å². The van der Waals surface area contributed by atoms with Gasteiger partial charge in [-0.15, -0.1) is 11.3 Å². The van der Waals surface area contributed by atoms with Gasteiger partial charge in [0.1, 0.15) is 0 Å². The number of thiophene rings is 1. The average molecular weight is 652 g/mol. The summed E-state index contributed by atoms with van der Waals surface area (Å²) in [7, 11) is 3.61. The number of hydrogen-bond donors (Lipinski definition) is 0. The number of imidazole rings is 1. The molecule has 0 radical (unpaired) electrons. The van der Waals surface area contributed by atoms with Crippen molar-refractivity contribution in [1.82, 2.24) is 24.1 Å². The Morgan fingerprint density at radius 3 is 1.92 bits per heavy atom. The predicted molar refractivity (Wildman–Crippen MR) is 202 cm³/mol. The van der Waals surface area contributed by atoms with Gasteiger partial charge in [-0.05, 0) is 58.7 Å². The summed E-state index contributed by atoms with van der Waals surface area (Å²) in [6, 6.07) is 48.0. The first-order chi connectivity index (χ1) is 24.0. The Labute approximate surface area is 286 Å². The van der Waals surface area contributed by atoms with Crippen molar-refractivity contribution in [3.05, 3.63) is 150 Å². The second-order valence-electron chi connectivity index (χ2n) is 12.2. The van der Waals surface area contributed by atoms with Crippen molar-refractivity contribution in [3.8, 4) is 56.4 Å². The molecule has 0 aliphatic heterocycles. The molecule has 0 amide bonds. The maximum absolute atomic E-state index is 12.6. The fourth-order valence-corrected chi connectivity index (χ4v) is 7.78. The van der Waals surface area contributed by atoms with Crippen molar-refractivity contribution < 1.29 is 0 Å². The summed E-state index contributed by atoms with van der Waals surface area (Å²) in [4.78, 5) is 27.8. The first-order valence-electron chi connectivity index (χ1n) is 16.1. The van der Waals surface area contributed by atoms with Crippen LogP contribution in [0.1, 0.15) is 0 Å². The zero-order chi connectivity index (χ0) is 33.1. The van der Waals surface area contributed by atoms with Gasteiger partial charge in [-0.1, -0.05) is 103 Å². The zero-order valence-corrected chi connectivity index (χ0v) is 27.6. The van der Waals surface area contributed by atoms with Gasteiger partial charge in [-0.3, -0.25) is 9.13 Å². The molecule has 9 rings (SSSR count). The molecule has 0 bridgehead atoms. The number of fused-ring (bicyclic) bond motifs is 4. The highest BCUT2D eigenvalue weighted by Gasteiger charge is 2.17. The number of aromatic nitrogens is 5. The van der Waals surface area contributed by atoms with E-state index in [1.807, 2.05) is 65.9 Å².